The standard InChI is InChI=1S/C19H16ClNO4/c1-2-9-24-15-8-3-12-10-16(19(23)25-17(12)11-15)18(22)21-14-6-4-13(20)5-7-14/h3-8,10-11H,2,9H2,1H3,(H,21,22). The number of halogens is 1. The van der Waals surface area contributed by atoms with Crippen molar-refractivity contribution in [2.24, 2.45) is 0 Å². The van der Waals surface area contributed by atoms with Crippen LogP contribution in [0.4, 0.5) is 5.69 Å². The van der Waals surface area contributed by atoms with Crippen molar-refractivity contribution in [2.75, 3.05) is 11.9 Å². The van der Waals surface area contributed by atoms with Crippen LogP contribution in [0.1, 0.15) is 23.7 Å². The maximum atomic E-state index is 12.3. The lowest BCUT2D eigenvalue weighted by Crippen LogP contribution is -2.20. The van der Waals surface area contributed by atoms with E-state index in [9.17, 15) is 9.59 Å². The number of hydrogen-bond acceptors (Lipinski definition) is 4. The Labute approximate surface area is 149 Å². The van der Waals surface area contributed by atoms with Gasteiger partial charge in [0.1, 0.15) is 16.9 Å². The molecule has 0 fully saturated rings. The van der Waals surface area contributed by atoms with Gasteiger partial charge >= 0.3 is 5.63 Å². The highest BCUT2D eigenvalue weighted by Gasteiger charge is 2.14. The molecular formula is C19H16ClNO4. The minimum Gasteiger partial charge on any atom is -0.493 e. The number of carbonyl (C=O) groups is 1. The van der Waals surface area contributed by atoms with Crippen molar-refractivity contribution in [1.29, 1.82) is 0 Å². The fourth-order valence-corrected chi connectivity index (χ4v) is 2.42. The summed E-state index contributed by atoms with van der Waals surface area (Å²) in [6.45, 7) is 2.59. The molecule has 1 heterocycles. The molecule has 3 rings (SSSR count). The van der Waals surface area contributed by atoms with Gasteiger partial charge in [-0.15, -0.1) is 0 Å². The summed E-state index contributed by atoms with van der Waals surface area (Å²) >= 11 is 5.81. The van der Waals surface area contributed by atoms with Gasteiger partial charge in [-0.25, -0.2) is 4.79 Å². The normalized spacial score (nSPS) is 10.6. The zero-order valence-corrected chi connectivity index (χ0v) is 14.3. The maximum absolute atomic E-state index is 12.3. The number of carbonyl (C=O) groups excluding carboxylic acids is 1. The minimum atomic E-state index is -0.702. The van der Waals surface area contributed by atoms with E-state index >= 15 is 0 Å². The Morgan fingerprint density at radius 1 is 1.16 bits per heavy atom. The van der Waals surface area contributed by atoms with E-state index < -0.39 is 11.5 Å². The van der Waals surface area contributed by atoms with E-state index in [1.165, 1.54) is 6.07 Å². The molecule has 0 aliphatic carbocycles. The molecule has 2 aromatic carbocycles. The second-order valence-corrected chi connectivity index (χ2v) is 5.89. The monoisotopic (exact) mass is 357 g/mol. The molecule has 0 saturated heterocycles. The molecule has 128 valence electrons. The van der Waals surface area contributed by atoms with Crippen LogP contribution in [-0.4, -0.2) is 12.5 Å². The summed E-state index contributed by atoms with van der Waals surface area (Å²) in [4.78, 5) is 24.5. The van der Waals surface area contributed by atoms with Crippen molar-refractivity contribution in [3.63, 3.8) is 0 Å². The molecule has 0 unspecified atom stereocenters. The van der Waals surface area contributed by atoms with Crippen LogP contribution in [0.15, 0.2) is 57.7 Å². The highest BCUT2D eigenvalue weighted by Crippen LogP contribution is 2.21. The molecule has 1 amide bonds. The number of nitrogens with one attached hydrogen (secondary N) is 1. The first-order chi connectivity index (χ1) is 12.1. The van der Waals surface area contributed by atoms with Gasteiger partial charge < -0.3 is 14.5 Å². The van der Waals surface area contributed by atoms with Crippen molar-refractivity contribution in [1.82, 2.24) is 0 Å². The Morgan fingerprint density at radius 3 is 2.64 bits per heavy atom. The van der Waals surface area contributed by atoms with Crippen LogP contribution < -0.4 is 15.7 Å². The number of hydrogen-bond donors (Lipinski definition) is 1. The van der Waals surface area contributed by atoms with Gasteiger partial charge in [-0.2, -0.15) is 0 Å². The number of amides is 1. The van der Waals surface area contributed by atoms with Gasteiger partial charge in [0.15, 0.2) is 0 Å². The second kappa shape index (κ2) is 7.40. The Hall–Kier alpha value is -2.79. The number of benzene rings is 2. The molecule has 0 radical (unpaired) electrons. The SMILES string of the molecule is CCCOc1ccc2cc(C(=O)Nc3ccc(Cl)cc3)c(=O)oc2c1. The summed E-state index contributed by atoms with van der Waals surface area (Å²) < 4.78 is 10.8. The summed E-state index contributed by atoms with van der Waals surface area (Å²) in [6, 6.07) is 13.3. The summed E-state index contributed by atoms with van der Waals surface area (Å²) in [7, 11) is 0. The van der Waals surface area contributed by atoms with Gasteiger partial charge in [-0.1, -0.05) is 18.5 Å². The smallest absolute Gasteiger partial charge is 0.349 e. The minimum absolute atomic E-state index is 0.0651. The summed E-state index contributed by atoms with van der Waals surface area (Å²) in [5.74, 6) is 0.0835. The zero-order valence-electron chi connectivity index (χ0n) is 13.5. The Kier molecular flexibility index (Phi) is 5.05. The summed E-state index contributed by atoms with van der Waals surface area (Å²) in [5.41, 5.74) is 0.148. The Balaban J connectivity index is 1.88. The molecule has 3 aromatic rings. The largest absolute Gasteiger partial charge is 0.493 e. The van der Waals surface area contributed by atoms with Gasteiger partial charge in [0, 0.05) is 22.2 Å². The number of fused-ring (bicyclic) bond motifs is 1. The number of anilines is 1. The Morgan fingerprint density at radius 2 is 1.92 bits per heavy atom. The number of ether oxygens (including phenoxy) is 1. The van der Waals surface area contributed by atoms with E-state index in [2.05, 4.69) is 5.32 Å². The lowest BCUT2D eigenvalue weighted by Gasteiger charge is -2.07. The van der Waals surface area contributed by atoms with Crippen molar-refractivity contribution < 1.29 is 13.9 Å². The first-order valence-electron chi connectivity index (χ1n) is 7.84. The predicted molar refractivity (Wildman–Crippen MR) is 97.7 cm³/mol. The third kappa shape index (κ3) is 4.00. The molecule has 1 aromatic heterocycles. The van der Waals surface area contributed by atoms with Crippen LogP contribution in [0.3, 0.4) is 0 Å². The molecule has 0 aliphatic heterocycles. The first kappa shape index (κ1) is 17.0. The molecule has 0 saturated carbocycles. The van der Waals surface area contributed by atoms with Crippen molar-refractivity contribution >= 4 is 34.2 Å². The highest BCUT2D eigenvalue weighted by atomic mass is 35.5. The molecule has 1 N–H and O–H groups in total. The fraction of sp³-hybridized carbons (Fsp3) is 0.158. The predicted octanol–water partition coefficient (Wildman–Crippen LogP) is 4.49. The fourth-order valence-electron chi connectivity index (χ4n) is 2.29. The van der Waals surface area contributed by atoms with E-state index in [0.29, 0.717) is 34.0 Å². The van der Waals surface area contributed by atoms with Crippen LogP contribution in [0.2, 0.25) is 5.02 Å². The van der Waals surface area contributed by atoms with Crippen LogP contribution in [0.5, 0.6) is 5.75 Å². The second-order valence-electron chi connectivity index (χ2n) is 5.46. The quantitative estimate of drug-likeness (QED) is 0.683. The van der Waals surface area contributed by atoms with Gasteiger partial charge in [0.05, 0.1) is 6.61 Å². The number of rotatable bonds is 5. The molecule has 0 bridgehead atoms. The van der Waals surface area contributed by atoms with Gasteiger partial charge in [-0.05, 0) is 48.9 Å². The van der Waals surface area contributed by atoms with E-state index in [0.717, 1.165) is 6.42 Å². The average Bonchev–Trinajstić information content (AvgIpc) is 2.61. The van der Waals surface area contributed by atoms with Crippen LogP contribution in [0.25, 0.3) is 11.0 Å². The summed E-state index contributed by atoms with van der Waals surface area (Å²) in [6.07, 6.45) is 0.881. The van der Waals surface area contributed by atoms with Gasteiger partial charge in [0.25, 0.3) is 5.91 Å². The first-order valence-corrected chi connectivity index (χ1v) is 8.22. The molecule has 0 spiro atoms. The van der Waals surface area contributed by atoms with E-state index in [-0.39, 0.29) is 5.56 Å². The average molecular weight is 358 g/mol. The van der Waals surface area contributed by atoms with Crippen LogP contribution in [0, 0.1) is 0 Å². The molecular weight excluding hydrogens is 342 g/mol. The lowest BCUT2D eigenvalue weighted by atomic mass is 10.1. The lowest BCUT2D eigenvalue weighted by molar-refractivity contribution is 0.102. The van der Waals surface area contributed by atoms with Gasteiger partial charge in [-0.3, -0.25) is 4.79 Å². The van der Waals surface area contributed by atoms with Gasteiger partial charge in [0.2, 0.25) is 0 Å². The van der Waals surface area contributed by atoms with Crippen molar-refractivity contribution in [3.05, 3.63) is 69.5 Å². The Bertz CT molecular complexity index is 963. The zero-order chi connectivity index (χ0) is 17.8. The molecule has 0 atom stereocenters. The summed E-state index contributed by atoms with van der Waals surface area (Å²) in [5, 5.41) is 3.85. The topological polar surface area (TPSA) is 68.5 Å². The van der Waals surface area contributed by atoms with E-state index in [4.69, 9.17) is 20.8 Å². The van der Waals surface area contributed by atoms with E-state index in [1.54, 1.807) is 42.5 Å². The molecule has 25 heavy (non-hydrogen) atoms. The third-order valence-electron chi connectivity index (χ3n) is 3.53. The molecule has 6 heteroatoms. The highest BCUT2D eigenvalue weighted by molar-refractivity contribution is 6.30. The van der Waals surface area contributed by atoms with Crippen LogP contribution in [-0.2, 0) is 0 Å². The van der Waals surface area contributed by atoms with E-state index in [1.807, 2.05) is 6.92 Å². The van der Waals surface area contributed by atoms with Crippen molar-refractivity contribution in [3.8, 4) is 5.75 Å². The van der Waals surface area contributed by atoms with Crippen molar-refractivity contribution in [2.45, 2.75) is 13.3 Å². The maximum Gasteiger partial charge on any atom is 0.349 e. The molecule has 5 nitrogen and oxygen atoms in total. The van der Waals surface area contributed by atoms with Crippen LogP contribution >= 0.6 is 11.6 Å². The molecule has 0 aliphatic rings. The third-order valence-corrected chi connectivity index (χ3v) is 3.78.